The summed E-state index contributed by atoms with van der Waals surface area (Å²) < 4.78 is 7.44. The molecule has 0 saturated carbocycles. The van der Waals surface area contributed by atoms with Crippen LogP contribution in [0, 0.1) is 0 Å². The van der Waals surface area contributed by atoms with E-state index < -0.39 is 18.4 Å². The van der Waals surface area contributed by atoms with Crippen molar-refractivity contribution in [2.75, 3.05) is 12.4 Å². The molecule has 13 heteroatoms. The normalized spacial score (nSPS) is 19.7. The third-order valence-corrected chi connectivity index (χ3v) is 5.91. The minimum absolute atomic E-state index is 0.145. The number of imidazole rings is 1. The average molecular weight is 515 g/mol. The van der Waals surface area contributed by atoms with E-state index in [1.165, 1.54) is 19.6 Å². The monoisotopic (exact) mass is 514 g/mol. The molecule has 1 fully saturated rings. The molecule has 5 rings (SSSR count). The summed E-state index contributed by atoms with van der Waals surface area (Å²) in [5, 5.41) is 17.2. The van der Waals surface area contributed by atoms with Gasteiger partial charge in [-0.25, -0.2) is 19.9 Å². The van der Waals surface area contributed by atoms with E-state index in [9.17, 15) is 9.90 Å². The molecule has 1 aliphatic rings. The van der Waals surface area contributed by atoms with Gasteiger partial charge in [0.05, 0.1) is 23.6 Å². The molecule has 0 bridgehead atoms. The largest absolute Gasteiger partial charge is 0.388 e. The van der Waals surface area contributed by atoms with Gasteiger partial charge in [-0.15, -0.1) is 0 Å². The second-order valence-electron chi connectivity index (χ2n) is 7.85. The molecule has 180 valence electrons. The standard InChI is InChI=1S/C22H20Cl2N8O3/c1-25-21(34)15-6-14(33)22(35-15)32-10-28-17-19(27-9-13-3-2-4-16(24)29-13)30-18(31-20(17)32)11-5-12(23)8-26-7-11/h2-5,7-8,10,14-15,22,33H,6,9H2,1H3,(H,25,34)(H,27,30,31)/t14-,15+,22-/m1/s1. The molecule has 0 aromatic carbocycles. The Morgan fingerprint density at radius 2 is 2.11 bits per heavy atom. The maximum Gasteiger partial charge on any atom is 0.249 e. The van der Waals surface area contributed by atoms with Gasteiger partial charge in [-0.3, -0.25) is 14.3 Å². The van der Waals surface area contributed by atoms with Gasteiger partial charge >= 0.3 is 0 Å². The number of amides is 1. The Bertz CT molecular complexity index is 1400. The lowest BCUT2D eigenvalue weighted by atomic mass is 10.2. The van der Waals surface area contributed by atoms with Gasteiger partial charge < -0.3 is 20.5 Å². The maximum absolute atomic E-state index is 12.1. The minimum Gasteiger partial charge on any atom is -0.388 e. The van der Waals surface area contributed by atoms with Gasteiger partial charge in [-0.1, -0.05) is 29.3 Å². The van der Waals surface area contributed by atoms with Crippen LogP contribution in [-0.4, -0.2) is 59.8 Å². The lowest BCUT2D eigenvalue weighted by Gasteiger charge is -2.17. The molecule has 1 amide bonds. The number of halogens is 2. The number of hydrogen-bond donors (Lipinski definition) is 3. The van der Waals surface area contributed by atoms with Crippen molar-refractivity contribution in [3.8, 4) is 11.4 Å². The first kappa shape index (κ1) is 23.4. The third kappa shape index (κ3) is 4.76. The second kappa shape index (κ2) is 9.70. The highest BCUT2D eigenvalue weighted by molar-refractivity contribution is 6.30. The molecule has 1 aliphatic heterocycles. The van der Waals surface area contributed by atoms with Crippen molar-refractivity contribution in [2.24, 2.45) is 0 Å². The highest BCUT2D eigenvalue weighted by atomic mass is 35.5. The zero-order chi connectivity index (χ0) is 24.5. The van der Waals surface area contributed by atoms with E-state index in [0.717, 1.165) is 0 Å². The number of fused-ring (bicyclic) bond motifs is 1. The van der Waals surface area contributed by atoms with Crippen LogP contribution < -0.4 is 10.6 Å². The van der Waals surface area contributed by atoms with Crippen LogP contribution in [0.5, 0.6) is 0 Å². The highest BCUT2D eigenvalue weighted by Gasteiger charge is 2.39. The molecule has 35 heavy (non-hydrogen) atoms. The van der Waals surface area contributed by atoms with Crippen molar-refractivity contribution in [1.29, 1.82) is 0 Å². The van der Waals surface area contributed by atoms with E-state index in [0.29, 0.717) is 50.8 Å². The first-order valence-electron chi connectivity index (χ1n) is 10.7. The van der Waals surface area contributed by atoms with E-state index in [2.05, 4.69) is 35.6 Å². The topological polar surface area (TPSA) is 140 Å². The van der Waals surface area contributed by atoms with Gasteiger partial charge in [-0.05, 0) is 18.2 Å². The highest BCUT2D eigenvalue weighted by Crippen LogP contribution is 2.33. The van der Waals surface area contributed by atoms with Gasteiger partial charge in [-0.2, -0.15) is 0 Å². The molecular formula is C22H20Cl2N8O3. The Morgan fingerprint density at radius 1 is 1.26 bits per heavy atom. The molecule has 0 radical (unpaired) electrons. The zero-order valence-electron chi connectivity index (χ0n) is 18.4. The van der Waals surface area contributed by atoms with E-state index in [1.807, 2.05) is 6.07 Å². The fraction of sp³-hybridized carbons (Fsp3) is 0.273. The zero-order valence-corrected chi connectivity index (χ0v) is 19.9. The number of ether oxygens (including phenoxy) is 1. The van der Waals surface area contributed by atoms with Crippen molar-refractivity contribution in [3.05, 3.63) is 58.9 Å². The Hall–Kier alpha value is -3.38. The van der Waals surface area contributed by atoms with Crippen molar-refractivity contribution in [3.63, 3.8) is 0 Å². The molecule has 3 atom stereocenters. The molecule has 0 aliphatic carbocycles. The summed E-state index contributed by atoms with van der Waals surface area (Å²) in [5.41, 5.74) is 2.15. The van der Waals surface area contributed by atoms with Crippen LogP contribution in [0.25, 0.3) is 22.6 Å². The Kier molecular flexibility index (Phi) is 6.48. The van der Waals surface area contributed by atoms with E-state index in [4.69, 9.17) is 27.9 Å². The molecule has 11 nitrogen and oxygen atoms in total. The average Bonchev–Trinajstić information content (AvgIpc) is 3.45. The number of aromatic nitrogens is 6. The smallest absolute Gasteiger partial charge is 0.249 e. The molecule has 1 saturated heterocycles. The fourth-order valence-corrected chi connectivity index (χ4v) is 4.20. The van der Waals surface area contributed by atoms with Crippen LogP contribution in [0.3, 0.4) is 0 Å². The molecule has 3 N–H and O–H groups in total. The Labute approximate surface area is 209 Å². The second-order valence-corrected chi connectivity index (χ2v) is 8.67. The number of rotatable bonds is 6. The number of carbonyl (C=O) groups is 1. The molecule has 5 heterocycles. The first-order chi connectivity index (χ1) is 16.9. The van der Waals surface area contributed by atoms with Crippen LogP contribution in [0.15, 0.2) is 43.0 Å². The van der Waals surface area contributed by atoms with Crippen LogP contribution in [0.4, 0.5) is 5.82 Å². The minimum atomic E-state index is -0.937. The number of anilines is 1. The van der Waals surface area contributed by atoms with E-state index in [1.54, 1.807) is 29.0 Å². The van der Waals surface area contributed by atoms with Crippen LogP contribution in [0.1, 0.15) is 18.3 Å². The summed E-state index contributed by atoms with van der Waals surface area (Å²) >= 11 is 12.1. The van der Waals surface area contributed by atoms with Gasteiger partial charge in [0.25, 0.3) is 0 Å². The summed E-state index contributed by atoms with van der Waals surface area (Å²) in [6, 6.07) is 7.03. The summed E-state index contributed by atoms with van der Waals surface area (Å²) in [6.07, 6.45) is 2.17. The quantitative estimate of drug-likeness (QED) is 0.331. The van der Waals surface area contributed by atoms with Crippen molar-refractivity contribution in [1.82, 2.24) is 34.8 Å². The van der Waals surface area contributed by atoms with Gasteiger partial charge in [0.15, 0.2) is 29.0 Å². The number of likely N-dealkylation sites (N-methyl/N-ethyl adjacent to an activating group) is 1. The summed E-state index contributed by atoms with van der Waals surface area (Å²) in [5.74, 6) is 0.458. The Morgan fingerprint density at radius 3 is 2.89 bits per heavy atom. The summed E-state index contributed by atoms with van der Waals surface area (Å²) in [7, 11) is 1.52. The van der Waals surface area contributed by atoms with Crippen molar-refractivity contribution in [2.45, 2.75) is 31.4 Å². The lowest BCUT2D eigenvalue weighted by Crippen LogP contribution is -2.31. The molecule has 4 aromatic rings. The predicted molar refractivity (Wildman–Crippen MR) is 129 cm³/mol. The van der Waals surface area contributed by atoms with Gasteiger partial charge in [0.1, 0.15) is 17.4 Å². The molecule has 4 aromatic heterocycles. The number of hydrogen-bond acceptors (Lipinski definition) is 9. The third-order valence-electron chi connectivity index (χ3n) is 5.50. The first-order valence-corrected chi connectivity index (χ1v) is 11.4. The summed E-state index contributed by atoms with van der Waals surface area (Å²) in [6.45, 7) is 0.327. The number of aliphatic hydroxyl groups excluding tert-OH is 1. The number of nitrogens with one attached hydrogen (secondary N) is 2. The van der Waals surface area contributed by atoms with Crippen LogP contribution in [0.2, 0.25) is 10.2 Å². The van der Waals surface area contributed by atoms with E-state index >= 15 is 0 Å². The SMILES string of the molecule is CNC(=O)[C@@H]1C[C@@H](O)[C@H](n2cnc3c(NCc4cccc(Cl)n4)nc(-c4cncc(Cl)c4)nc32)O1. The Balaban J connectivity index is 1.57. The van der Waals surface area contributed by atoms with Crippen LogP contribution in [-0.2, 0) is 16.1 Å². The van der Waals surface area contributed by atoms with Gasteiger partial charge in [0, 0.05) is 31.4 Å². The van der Waals surface area contributed by atoms with Crippen LogP contribution >= 0.6 is 23.2 Å². The number of aliphatic hydroxyl groups is 1. The van der Waals surface area contributed by atoms with Gasteiger partial charge in [0.2, 0.25) is 5.91 Å². The molecule has 0 unspecified atom stereocenters. The lowest BCUT2D eigenvalue weighted by molar-refractivity contribution is -0.134. The maximum atomic E-state index is 12.1. The van der Waals surface area contributed by atoms with Crippen molar-refractivity contribution < 1.29 is 14.6 Å². The fourth-order valence-electron chi connectivity index (χ4n) is 3.84. The number of carbonyl (C=O) groups excluding carboxylic acids is 1. The van der Waals surface area contributed by atoms with E-state index in [-0.39, 0.29) is 12.3 Å². The number of pyridine rings is 2. The predicted octanol–water partition coefficient (Wildman–Crippen LogP) is 2.60. The molecular weight excluding hydrogens is 495 g/mol. The number of nitrogens with zero attached hydrogens (tertiary/aromatic N) is 6. The summed E-state index contributed by atoms with van der Waals surface area (Å²) in [4.78, 5) is 34.2. The molecule has 0 spiro atoms. The van der Waals surface area contributed by atoms with Crippen molar-refractivity contribution >= 4 is 46.1 Å².